The molecule has 0 N–H and O–H groups in total. The molecule has 1 saturated heterocycles. The number of methoxy groups -OCH3 is 2. The molecule has 6 heteroatoms. The molecule has 23 heavy (non-hydrogen) atoms. The number of aromatic nitrogens is 3. The van der Waals surface area contributed by atoms with Crippen LogP contribution in [0.2, 0.25) is 0 Å². The number of ether oxygens (including phenoxy) is 2. The zero-order chi connectivity index (χ0) is 16.2. The smallest absolute Gasteiger partial charge is 0.218 e. The molecule has 0 saturated carbocycles. The lowest BCUT2D eigenvalue weighted by Gasteiger charge is -2.32. The van der Waals surface area contributed by atoms with Crippen LogP contribution in [-0.4, -0.2) is 53.1 Å². The molecule has 1 fully saturated rings. The zero-order valence-electron chi connectivity index (χ0n) is 14.0. The van der Waals surface area contributed by atoms with Crippen molar-refractivity contribution in [2.24, 2.45) is 7.05 Å². The molecule has 2 aromatic rings. The van der Waals surface area contributed by atoms with Gasteiger partial charge in [-0.25, -0.2) is 4.98 Å². The van der Waals surface area contributed by atoms with Gasteiger partial charge in [-0.05, 0) is 31.0 Å². The molecule has 0 amide bonds. The summed E-state index contributed by atoms with van der Waals surface area (Å²) in [6.07, 6.45) is 8.29. The molecule has 0 bridgehead atoms. The van der Waals surface area contributed by atoms with Gasteiger partial charge >= 0.3 is 0 Å². The highest BCUT2D eigenvalue weighted by Crippen LogP contribution is 2.30. The van der Waals surface area contributed by atoms with E-state index in [9.17, 15) is 0 Å². The summed E-state index contributed by atoms with van der Waals surface area (Å²) in [6.45, 7) is 2.83. The van der Waals surface area contributed by atoms with Gasteiger partial charge in [0.25, 0.3) is 0 Å². The molecule has 124 valence electrons. The monoisotopic (exact) mass is 316 g/mol. The highest BCUT2D eigenvalue weighted by Gasteiger charge is 2.22. The van der Waals surface area contributed by atoms with Gasteiger partial charge in [0.1, 0.15) is 0 Å². The molecule has 6 nitrogen and oxygen atoms in total. The summed E-state index contributed by atoms with van der Waals surface area (Å²) < 4.78 is 12.9. The minimum atomic E-state index is 0.313. The highest BCUT2D eigenvalue weighted by atomic mass is 16.5. The van der Waals surface area contributed by atoms with E-state index in [2.05, 4.69) is 15.0 Å². The fourth-order valence-electron chi connectivity index (χ4n) is 3.21. The molecule has 3 heterocycles. The van der Waals surface area contributed by atoms with Gasteiger partial charge in [-0.15, -0.1) is 0 Å². The molecule has 0 radical (unpaired) electrons. The molecule has 0 spiro atoms. The minimum Gasteiger partial charge on any atom is -0.481 e. The van der Waals surface area contributed by atoms with E-state index in [0.717, 1.165) is 49.2 Å². The van der Waals surface area contributed by atoms with E-state index in [-0.39, 0.29) is 0 Å². The van der Waals surface area contributed by atoms with Crippen molar-refractivity contribution in [1.82, 2.24) is 19.7 Å². The summed E-state index contributed by atoms with van der Waals surface area (Å²) in [5.41, 5.74) is 3.33. The van der Waals surface area contributed by atoms with E-state index in [1.807, 2.05) is 30.2 Å². The van der Waals surface area contributed by atoms with Crippen molar-refractivity contribution in [2.45, 2.75) is 25.5 Å². The van der Waals surface area contributed by atoms with E-state index in [0.29, 0.717) is 12.0 Å². The van der Waals surface area contributed by atoms with Crippen LogP contribution in [0.25, 0.3) is 11.1 Å². The molecule has 1 aliphatic heterocycles. The third-order valence-corrected chi connectivity index (χ3v) is 4.40. The van der Waals surface area contributed by atoms with Crippen LogP contribution < -0.4 is 4.74 Å². The fourth-order valence-corrected chi connectivity index (χ4v) is 3.21. The molecular weight excluding hydrogens is 292 g/mol. The van der Waals surface area contributed by atoms with Gasteiger partial charge in [0.2, 0.25) is 5.88 Å². The van der Waals surface area contributed by atoms with Crippen LogP contribution in [0.4, 0.5) is 0 Å². The lowest BCUT2D eigenvalue weighted by atomic mass is 10.0. The van der Waals surface area contributed by atoms with Gasteiger partial charge in [0.15, 0.2) is 0 Å². The Morgan fingerprint density at radius 2 is 2.22 bits per heavy atom. The van der Waals surface area contributed by atoms with Crippen molar-refractivity contribution in [3.8, 4) is 17.0 Å². The van der Waals surface area contributed by atoms with Crippen LogP contribution >= 0.6 is 0 Å². The third-order valence-electron chi connectivity index (χ3n) is 4.40. The van der Waals surface area contributed by atoms with Crippen molar-refractivity contribution in [2.75, 3.05) is 27.3 Å². The van der Waals surface area contributed by atoms with Crippen LogP contribution in [0, 0.1) is 0 Å². The summed E-state index contributed by atoms with van der Waals surface area (Å²) >= 11 is 0. The maximum absolute atomic E-state index is 5.53. The Morgan fingerprint density at radius 3 is 2.91 bits per heavy atom. The van der Waals surface area contributed by atoms with Crippen LogP contribution in [0.3, 0.4) is 0 Å². The van der Waals surface area contributed by atoms with Gasteiger partial charge in [0.05, 0.1) is 19.4 Å². The Bertz CT molecular complexity index is 656. The number of hydrogen-bond acceptors (Lipinski definition) is 5. The van der Waals surface area contributed by atoms with Crippen molar-refractivity contribution in [3.63, 3.8) is 0 Å². The molecule has 3 rings (SSSR count). The molecular formula is C17H24N4O2. The average molecular weight is 316 g/mol. The van der Waals surface area contributed by atoms with E-state index in [1.165, 1.54) is 0 Å². The standard InChI is InChI=1S/C17H24N4O2/c1-20-10-13(9-19-20)15-6-7-18-17(23-3)16(15)12-21-8-4-5-14(11-21)22-2/h6-7,9-10,14H,4-5,8,11-12H2,1-3H3. The van der Waals surface area contributed by atoms with E-state index < -0.39 is 0 Å². The quantitative estimate of drug-likeness (QED) is 0.845. The van der Waals surface area contributed by atoms with Crippen LogP contribution in [0.5, 0.6) is 5.88 Å². The number of piperidine rings is 1. The number of aryl methyl sites for hydroxylation is 1. The largest absolute Gasteiger partial charge is 0.481 e. The van der Waals surface area contributed by atoms with Crippen molar-refractivity contribution >= 4 is 0 Å². The average Bonchev–Trinajstić information content (AvgIpc) is 3.01. The van der Waals surface area contributed by atoms with E-state index in [1.54, 1.807) is 20.4 Å². The topological polar surface area (TPSA) is 52.4 Å². The summed E-state index contributed by atoms with van der Waals surface area (Å²) in [5.74, 6) is 0.686. The SMILES string of the molecule is COc1nccc(-c2cnn(C)c2)c1CN1CCCC(OC)C1. The summed E-state index contributed by atoms with van der Waals surface area (Å²) in [4.78, 5) is 6.80. The van der Waals surface area contributed by atoms with Gasteiger partial charge in [-0.3, -0.25) is 9.58 Å². The van der Waals surface area contributed by atoms with Crippen molar-refractivity contribution < 1.29 is 9.47 Å². The lowest BCUT2D eigenvalue weighted by molar-refractivity contribution is 0.0283. The molecule has 1 aliphatic rings. The van der Waals surface area contributed by atoms with Crippen LogP contribution in [0.15, 0.2) is 24.7 Å². The van der Waals surface area contributed by atoms with E-state index >= 15 is 0 Å². The number of likely N-dealkylation sites (tertiary alicyclic amines) is 1. The Labute approximate surface area is 137 Å². The second-order valence-electron chi connectivity index (χ2n) is 5.98. The molecule has 1 unspecified atom stereocenters. The summed E-state index contributed by atoms with van der Waals surface area (Å²) in [6, 6.07) is 2.03. The van der Waals surface area contributed by atoms with Gasteiger partial charge in [-0.2, -0.15) is 5.10 Å². The number of nitrogens with zero attached hydrogens (tertiary/aromatic N) is 4. The van der Waals surface area contributed by atoms with Crippen molar-refractivity contribution in [3.05, 3.63) is 30.2 Å². The number of rotatable bonds is 5. The Morgan fingerprint density at radius 1 is 1.35 bits per heavy atom. The maximum atomic E-state index is 5.53. The fraction of sp³-hybridized carbons (Fsp3) is 0.529. The second kappa shape index (κ2) is 7.10. The first kappa shape index (κ1) is 16.0. The summed E-state index contributed by atoms with van der Waals surface area (Å²) in [7, 11) is 5.39. The number of hydrogen-bond donors (Lipinski definition) is 0. The first-order valence-corrected chi connectivity index (χ1v) is 7.97. The predicted molar refractivity (Wildman–Crippen MR) is 88.3 cm³/mol. The molecule has 0 aromatic carbocycles. The molecule has 2 aromatic heterocycles. The third kappa shape index (κ3) is 3.54. The van der Waals surface area contributed by atoms with E-state index in [4.69, 9.17) is 9.47 Å². The van der Waals surface area contributed by atoms with Gasteiger partial charge < -0.3 is 9.47 Å². The zero-order valence-corrected chi connectivity index (χ0v) is 14.0. The Balaban J connectivity index is 1.90. The lowest BCUT2D eigenvalue weighted by Crippen LogP contribution is -2.38. The van der Waals surface area contributed by atoms with Gasteiger partial charge in [0, 0.05) is 50.8 Å². The Kier molecular flexibility index (Phi) is 4.93. The van der Waals surface area contributed by atoms with Crippen LogP contribution in [-0.2, 0) is 18.3 Å². The predicted octanol–water partition coefficient (Wildman–Crippen LogP) is 2.10. The second-order valence-corrected chi connectivity index (χ2v) is 5.98. The van der Waals surface area contributed by atoms with Crippen LogP contribution in [0.1, 0.15) is 18.4 Å². The molecule has 0 aliphatic carbocycles. The highest BCUT2D eigenvalue weighted by molar-refractivity contribution is 5.67. The maximum Gasteiger partial charge on any atom is 0.218 e. The first-order chi connectivity index (χ1) is 11.2. The summed E-state index contributed by atoms with van der Waals surface area (Å²) in [5, 5.41) is 4.28. The van der Waals surface area contributed by atoms with Crippen molar-refractivity contribution in [1.29, 1.82) is 0 Å². The Hall–Kier alpha value is -1.92. The first-order valence-electron chi connectivity index (χ1n) is 7.97. The minimum absolute atomic E-state index is 0.313. The van der Waals surface area contributed by atoms with Gasteiger partial charge in [-0.1, -0.05) is 0 Å². The number of pyridine rings is 1. The normalized spacial score (nSPS) is 19.0. The molecule has 1 atom stereocenters.